The minimum Gasteiger partial charge on any atom is -0.459 e. The van der Waals surface area contributed by atoms with Gasteiger partial charge in [0.2, 0.25) is 0 Å². The molecule has 0 N–H and O–H groups in total. The second kappa shape index (κ2) is 5.08. The third-order valence-electron chi connectivity index (χ3n) is 2.12. The van der Waals surface area contributed by atoms with Crippen molar-refractivity contribution in [3.05, 3.63) is 30.1 Å². The molecule has 0 radical (unpaired) electrons. The number of hydrogen-bond donors (Lipinski definition) is 0. The van der Waals surface area contributed by atoms with E-state index in [1.807, 2.05) is 0 Å². The molecule has 1 unspecified atom stereocenters. The molecule has 92 valence electrons. The first-order valence-electron chi connectivity index (χ1n) is 5.48. The maximum atomic E-state index is 11.9. The predicted molar refractivity (Wildman–Crippen MR) is 63.6 cm³/mol. The number of rotatable bonds is 3. The van der Waals surface area contributed by atoms with Gasteiger partial charge in [0.1, 0.15) is 11.5 Å². The van der Waals surface area contributed by atoms with E-state index in [0.29, 0.717) is 5.56 Å². The van der Waals surface area contributed by atoms with Crippen molar-refractivity contribution in [1.82, 2.24) is 4.98 Å². The molecule has 0 aromatic carbocycles. The van der Waals surface area contributed by atoms with Gasteiger partial charge in [-0.05, 0) is 39.8 Å². The van der Waals surface area contributed by atoms with Crippen molar-refractivity contribution in [3.63, 3.8) is 0 Å². The largest absolute Gasteiger partial charge is 0.459 e. The van der Waals surface area contributed by atoms with E-state index >= 15 is 0 Å². The summed E-state index contributed by atoms with van der Waals surface area (Å²) in [7, 11) is 0. The van der Waals surface area contributed by atoms with Crippen LogP contribution in [-0.4, -0.2) is 22.3 Å². The quantitative estimate of drug-likeness (QED) is 0.458. The number of Topliss-reactive ketones (excluding diaryl/α,β-unsaturated/α-hetero) is 1. The Morgan fingerprint density at radius 1 is 1.24 bits per heavy atom. The van der Waals surface area contributed by atoms with Gasteiger partial charge >= 0.3 is 5.97 Å². The molecule has 4 nitrogen and oxygen atoms in total. The van der Waals surface area contributed by atoms with E-state index in [-0.39, 0.29) is 5.78 Å². The lowest BCUT2D eigenvalue weighted by atomic mass is 10.0. The SMILES string of the molecule is CC(C(=O)OC(C)(C)C)C(=O)c1ccncc1. The van der Waals surface area contributed by atoms with Crippen LogP contribution in [0.5, 0.6) is 0 Å². The Hall–Kier alpha value is -1.71. The lowest BCUT2D eigenvalue weighted by Gasteiger charge is -2.21. The summed E-state index contributed by atoms with van der Waals surface area (Å²) in [4.78, 5) is 27.5. The van der Waals surface area contributed by atoms with Gasteiger partial charge in [0.05, 0.1) is 0 Å². The average Bonchev–Trinajstić information content (AvgIpc) is 2.26. The third kappa shape index (κ3) is 3.98. The molecule has 0 fully saturated rings. The number of hydrogen-bond acceptors (Lipinski definition) is 4. The van der Waals surface area contributed by atoms with Gasteiger partial charge in [-0.3, -0.25) is 14.6 Å². The van der Waals surface area contributed by atoms with Crippen molar-refractivity contribution in [3.8, 4) is 0 Å². The van der Waals surface area contributed by atoms with Gasteiger partial charge in [-0.1, -0.05) is 0 Å². The number of aromatic nitrogens is 1. The van der Waals surface area contributed by atoms with Crippen molar-refractivity contribution in [1.29, 1.82) is 0 Å². The topological polar surface area (TPSA) is 56.3 Å². The Balaban J connectivity index is 2.74. The van der Waals surface area contributed by atoms with Gasteiger partial charge in [-0.2, -0.15) is 0 Å². The Morgan fingerprint density at radius 3 is 2.24 bits per heavy atom. The zero-order chi connectivity index (χ0) is 13.1. The minimum absolute atomic E-state index is 0.248. The molecule has 4 heteroatoms. The predicted octanol–water partition coefficient (Wildman–Crippen LogP) is 2.24. The molecule has 0 saturated heterocycles. The van der Waals surface area contributed by atoms with Crippen LogP contribution in [0.15, 0.2) is 24.5 Å². The fourth-order valence-electron chi connectivity index (χ4n) is 1.26. The lowest BCUT2D eigenvalue weighted by Crippen LogP contribution is -2.31. The molecule has 0 spiro atoms. The number of ether oxygens (including phenoxy) is 1. The number of carbonyl (C=O) groups is 2. The molecule has 0 amide bonds. The molecule has 0 bridgehead atoms. The van der Waals surface area contributed by atoms with Crippen LogP contribution in [0, 0.1) is 5.92 Å². The molecule has 0 aliphatic carbocycles. The van der Waals surface area contributed by atoms with Gasteiger partial charge in [-0.25, -0.2) is 0 Å². The van der Waals surface area contributed by atoms with E-state index in [9.17, 15) is 9.59 Å². The van der Waals surface area contributed by atoms with Crippen molar-refractivity contribution in [2.75, 3.05) is 0 Å². The van der Waals surface area contributed by atoms with E-state index < -0.39 is 17.5 Å². The Bertz CT molecular complexity index is 406. The molecule has 1 aromatic rings. The van der Waals surface area contributed by atoms with E-state index in [2.05, 4.69) is 4.98 Å². The van der Waals surface area contributed by atoms with Crippen LogP contribution >= 0.6 is 0 Å². The zero-order valence-electron chi connectivity index (χ0n) is 10.6. The minimum atomic E-state index is -0.795. The second-order valence-corrected chi connectivity index (χ2v) is 4.86. The van der Waals surface area contributed by atoms with Crippen molar-refractivity contribution in [2.45, 2.75) is 33.3 Å². The van der Waals surface area contributed by atoms with Gasteiger partial charge in [0, 0.05) is 18.0 Å². The van der Waals surface area contributed by atoms with Gasteiger partial charge < -0.3 is 4.74 Å². The first-order valence-corrected chi connectivity index (χ1v) is 5.48. The number of nitrogens with zero attached hydrogens (tertiary/aromatic N) is 1. The monoisotopic (exact) mass is 235 g/mol. The van der Waals surface area contributed by atoms with Crippen molar-refractivity contribution >= 4 is 11.8 Å². The first-order chi connectivity index (χ1) is 7.81. The van der Waals surface area contributed by atoms with Gasteiger partial charge in [-0.15, -0.1) is 0 Å². The first kappa shape index (κ1) is 13.4. The Kier molecular flexibility index (Phi) is 3.99. The highest BCUT2D eigenvalue weighted by Gasteiger charge is 2.27. The van der Waals surface area contributed by atoms with Crippen molar-refractivity contribution in [2.24, 2.45) is 5.92 Å². The zero-order valence-corrected chi connectivity index (χ0v) is 10.6. The summed E-state index contributed by atoms with van der Waals surface area (Å²) in [5.74, 6) is -1.54. The molecule has 1 atom stereocenters. The molecular weight excluding hydrogens is 218 g/mol. The summed E-state index contributed by atoms with van der Waals surface area (Å²) in [6.07, 6.45) is 3.05. The second-order valence-electron chi connectivity index (χ2n) is 4.86. The smallest absolute Gasteiger partial charge is 0.317 e. The molecular formula is C13H17NO3. The molecule has 1 rings (SSSR count). The number of ketones is 1. The number of carbonyl (C=O) groups excluding carboxylic acids is 2. The molecule has 1 aromatic heterocycles. The lowest BCUT2D eigenvalue weighted by molar-refractivity contribution is -0.157. The molecule has 0 aliphatic rings. The van der Waals surface area contributed by atoms with Crippen LogP contribution in [0.4, 0.5) is 0 Å². The van der Waals surface area contributed by atoms with E-state index in [0.717, 1.165) is 0 Å². The highest BCUT2D eigenvalue weighted by atomic mass is 16.6. The van der Waals surface area contributed by atoms with Crippen LogP contribution < -0.4 is 0 Å². The number of pyridine rings is 1. The van der Waals surface area contributed by atoms with Crippen LogP contribution in [0.3, 0.4) is 0 Å². The maximum absolute atomic E-state index is 11.9. The maximum Gasteiger partial charge on any atom is 0.317 e. The van der Waals surface area contributed by atoms with Crippen molar-refractivity contribution < 1.29 is 14.3 Å². The summed E-state index contributed by atoms with van der Waals surface area (Å²) < 4.78 is 5.17. The third-order valence-corrected chi connectivity index (χ3v) is 2.12. The van der Waals surface area contributed by atoms with Crippen LogP contribution in [0.25, 0.3) is 0 Å². The summed E-state index contributed by atoms with van der Waals surface area (Å²) in [6.45, 7) is 6.87. The Labute approximate surface area is 101 Å². The summed E-state index contributed by atoms with van der Waals surface area (Å²) in [5.41, 5.74) is -0.109. The standard InChI is InChI=1S/C13H17NO3/c1-9(12(16)17-13(2,3)4)11(15)10-5-7-14-8-6-10/h5-9H,1-4H3. The Morgan fingerprint density at radius 2 is 1.76 bits per heavy atom. The average molecular weight is 235 g/mol. The van der Waals surface area contributed by atoms with Crippen LogP contribution in [0.1, 0.15) is 38.1 Å². The van der Waals surface area contributed by atoms with E-state index in [1.54, 1.807) is 39.8 Å². The fourth-order valence-corrected chi connectivity index (χ4v) is 1.26. The number of esters is 1. The summed E-state index contributed by atoms with van der Waals surface area (Å²) in [6, 6.07) is 3.17. The highest BCUT2D eigenvalue weighted by molar-refractivity contribution is 6.08. The van der Waals surface area contributed by atoms with E-state index in [4.69, 9.17) is 4.74 Å². The van der Waals surface area contributed by atoms with Gasteiger partial charge in [0.15, 0.2) is 5.78 Å². The fraction of sp³-hybridized carbons (Fsp3) is 0.462. The highest BCUT2D eigenvalue weighted by Crippen LogP contribution is 2.14. The van der Waals surface area contributed by atoms with Crippen LogP contribution in [0.2, 0.25) is 0 Å². The van der Waals surface area contributed by atoms with Gasteiger partial charge in [0.25, 0.3) is 0 Å². The summed E-state index contributed by atoms with van der Waals surface area (Å²) >= 11 is 0. The molecule has 0 saturated carbocycles. The molecule has 1 heterocycles. The molecule has 17 heavy (non-hydrogen) atoms. The van der Waals surface area contributed by atoms with E-state index in [1.165, 1.54) is 12.4 Å². The molecule has 0 aliphatic heterocycles. The van der Waals surface area contributed by atoms with Crippen LogP contribution in [-0.2, 0) is 9.53 Å². The summed E-state index contributed by atoms with van der Waals surface area (Å²) in [5, 5.41) is 0. The normalized spacial score (nSPS) is 12.9.